The lowest BCUT2D eigenvalue weighted by Crippen LogP contribution is -2.54. The molecule has 1 fully saturated rings. The summed E-state index contributed by atoms with van der Waals surface area (Å²) in [6.07, 6.45) is 1.37. The third-order valence-corrected chi connectivity index (χ3v) is 3.05. The predicted octanol–water partition coefficient (Wildman–Crippen LogP) is 0.127. The molecule has 1 amide bonds. The van der Waals surface area contributed by atoms with Crippen molar-refractivity contribution >= 4 is 5.91 Å². The van der Waals surface area contributed by atoms with Gasteiger partial charge in [-0.1, -0.05) is 0 Å². The summed E-state index contributed by atoms with van der Waals surface area (Å²) >= 11 is 0. The second-order valence-electron chi connectivity index (χ2n) is 4.12. The smallest absolute Gasteiger partial charge is 0.219 e. The van der Waals surface area contributed by atoms with Crippen LogP contribution in [0.15, 0.2) is 0 Å². The Kier molecular flexibility index (Phi) is 4.71. The van der Waals surface area contributed by atoms with Crippen LogP contribution in [0.2, 0.25) is 0 Å². The fourth-order valence-corrected chi connectivity index (χ4v) is 1.92. The minimum Gasteiger partial charge on any atom is -0.383 e. The molecule has 0 unspecified atom stereocenters. The van der Waals surface area contributed by atoms with E-state index in [-0.39, 0.29) is 5.91 Å². The zero-order valence-electron chi connectivity index (χ0n) is 9.95. The first-order valence-corrected chi connectivity index (χ1v) is 5.54. The lowest BCUT2D eigenvalue weighted by Gasteiger charge is -2.37. The molecule has 1 aliphatic rings. The van der Waals surface area contributed by atoms with Crippen molar-refractivity contribution < 1.29 is 9.53 Å². The van der Waals surface area contributed by atoms with Gasteiger partial charge in [-0.2, -0.15) is 5.26 Å². The molecule has 1 N–H and O–H groups in total. The van der Waals surface area contributed by atoms with Crippen LogP contribution in [0.1, 0.15) is 19.8 Å². The largest absolute Gasteiger partial charge is 0.383 e. The molecule has 0 atom stereocenters. The van der Waals surface area contributed by atoms with Gasteiger partial charge < -0.3 is 9.64 Å². The first-order valence-electron chi connectivity index (χ1n) is 5.54. The average Bonchev–Trinajstić information content (AvgIpc) is 2.30. The van der Waals surface area contributed by atoms with Gasteiger partial charge in [0.15, 0.2) is 0 Å². The van der Waals surface area contributed by atoms with E-state index >= 15 is 0 Å². The maximum atomic E-state index is 11.2. The number of hydrogen-bond acceptors (Lipinski definition) is 4. The number of amides is 1. The molecule has 1 aliphatic heterocycles. The molecular formula is C11H19N3O2. The van der Waals surface area contributed by atoms with Crippen LogP contribution in [0.4, 0.5) is 0 Å². The quantitative estimate of drug-likeness (QED) is 0.691. The van der Waals surface area contributed by atoms with Crippen LogP contribution < -0.4 is 5.32 Å². The number of carbonyl (C=O) groups is 1. The summed E-state index contributed by atoms with van der Waals surface area (Å²) < 4.78 is 4.95. The standard InChI is InChI=1S/C11H19N3O2/c1-10(15)14-6-3-11(9-12,4-7-14)13-5-8-16-2/h13H,3-8H2,1-2H3. The molecule has 0 saturated carbocycles. The van der Waals surface area contributed by atoms with Crippen LogP contribution in [0.3, 0.4) is 0 Å². The Hall–Kier alpha value is -1.12. The van der Waals surface area contributed by atoms with E-state index < -0.39 is 5.54 Å². The van der Waals surface area contributed by atoms with Gasteiger partial charge in [-0.25, -0.2) is 0 Å². The number of hydrogen-bond donors (Lipinski definition) is 1. The van der Waals surface area contributed by atoms with Crippen molar-refractivity contribution in [3.8, 4) is 6.07 Å². The molecule has 1 saturated heterocycles. The average molecular weight is 225 g/mol. The van der Waals surface area contributed by atoms with Gasteiger partial charge in [-0.3, -0.25) is 10.1 Å². The molecule has 0 radical (unpaired) electrons. The molecule has 0 bridgehead atoms. The molecule has 1 heterocycles. The normalized spacial score (nSPS) is 19.2. The second-order valence-corrected chi connectivity index (χ2v) is 4.12. The molecule has 16 heavy (non-hydrogen) atoms. The van der Waals surface area contributed by atoms with Gasteiger partial charge in [-0.05, 0) is 12.8 Å². The summed E-state index contributed by atoms with van der Waals surface area (Å²) in [5, 5.41) is 12.4. The van der Waals surface area contributed by atoms with Gasteiger partial charge in [0.05, 0.1) is 12.7 Å². The van der Waals surface area contributed by atoms with E-state index in [9.17, 15) is 10.1 Å². The van der Waals surface area contributed by atoms with Crippen molar-refractivity contribution in [3.63, 3.8) is 0 Å². The van der Waals surface area contributed by atoms with Crippen LogP contribution >= 0.6 is 0 Å². The van der Waals surface area contributed by atoms with Crippen LogP contribution in [0.5, 0.6) is 0 Å². The Labute approximate surface area is 96.4 Å². The van der Waals surface area contributed by atoms with Crippen molar-refractivity contribution in [2.45, 2.75) is 25.3 Å². The predicted molar refractivity (Wildman–Crippen MR) is 59.7 cm³/mol. The summed E-state index contributed by atoms with van der Waals surface area (Å²) in [6, 6.07) is 2.33. The summed E-state index contributed by atoms with van der Waals surface area (Å²) in [5.74, 6) is 0.0865. The Morgan fingerprint density at radius 3 is 2.62 bits per heavy atom. The third-order valence-electron chi connectivity index (χ3n) is 3.05. The van der Waals surface area contributed by atoms with Crippen molar-refractivity contribution in [1.29, 1.82) is 5.26 Å². The molecule has 0 aliphatic carbocycles. The lowest BCUT2D eigenvalue weighted by atomic mass is 9.89. The van der Waals surface area contributed by atoms with Crippen molar-refractivity contribution in [1.82, 2.24) is 10.2 Å². The number of rotatable bonds is 4. The summed E-state index contributed by atoms with van der Waals surface area (Å²) in [4.78, 5) is 12.9. The summed E-state index contributed by atoms with van der Waals surface area (Å²) in [5.41, 5.74) is -0.482. The Balaban J connectivity index is 2.45. The minimum absolute atomic E-state index is 0.0865. The molecule has 5 nitrogen and oxygen atoms in total. The number of piperidine rings is 1. The van der Waals surface area contributed by atoms with Crippen LogP contribution in [-0.2, 0) is 9.53 Å². The van der Waals surface area contributed by atoms with E-state index in [0.717, 1.165) is 0 Å². The molecule has 1 rings (SSSR count). The van der Waals surface area contributed by atoms with Crippen LogP contribution in [0.25, 0.3) is 0 Å². The summed E-state index contributed by atoms with van der Waals surface area (Å²) in [7, 11) is 1.64. The molecule has 90 valence electrons. The van der Waals surface area contributed by atoms with Gasteiger partial charge in [0.25, 0.3) is 0 Å². The lowest BCUT2D eigenvalue weighted by molar-refractivity contribution is -0.130. The first kappa shape index (κ1) is 12.9. The van der Waals surface area contributed by atoms with Crippen molar-refractivity contribution in [2.75, 3.05) is 33.4 Å². The summed E-state index contributed by atoms with van der Waals surface area (Å²) in [6.45, 7) is 4.15. The van der Waals surface area contributed by atoms with Gasteiger partial charge in [0.2, 0.25) is 5.91 Å². The van der Waals surface area contributed by atoms with Crippen molar-refractivity contribution in [3.05, 3.63) is 0 Å². The van der Waals surface area contributed by atoms with E-state index in [4.69, 9.17) is 4.74 Å². The second kappa shape index (κ2) is 5.83. The molecule has 5 heteroatoms. The van der Waals surface area contributed by atoms with E-state index in [1.54, 1.807) is 18.9 Å². The van der Waals surface area contributed by atoms with Gasteiger partial charge >= 0.3 is 0 Å². The van der Waals surface area contributed by atoms with E-state index in [2.05, 4.69) is 11.4 Å². The number of nitrogens with zero attached hydrogens (tertiary/aromatic N) is 2. The SMILES string of the molecule is COCCNC1(C#N)CCN(C(C)=O)CC1. The minimum atomic E-state index is -0.482. The highest BCUT2D eigenvalue weighted by atomic mass is 16.5. The number of carbonyl (C=O) groups excluding carboxylic acids is 1. The third kappa shape index (κ3) is 3.19. The number of nitriles is 1. The highest BCUT2D eigenvalue weighted by Gasteiger charge is 2.34. The molecule has 0 aromatic rings. The van der Waals surface area contributed by atoms with Crippen molar-refractivity contribution in [2.24, 2.45) is 0 Å². The first-order chi connectivity index (χ1) is 7.63. The number of ether oxygens (including phenoxy) is 1. The van der Waals surface area contributed by atoms with E-state index in [0.29, 0.717) is 39.1 Å². The highest BCUT2D eigenvalue weighted by molar-refractivity contribution is 5.73. The zero-order chi connectivity index (χ0) is 12.0. The Bertz CT molecular complexity index is 277. The fraction of sp³-hybridized carbons (Fsp3) is 0.818. The van der Waals surface area contributed by atoms with Crippen LogP contribution in [-0.4, -0.2) is 49.7 Å². The highest BCUT2D eigenvalue weighted by Crippen LogP contribution is 2.21. The van der Waals surface area contributed by atoms with Crippen LogP contribution in [0, 0.1) is 11.3 Å². The molecule has 0 aromatic heterocycles. The molecular weight excluding hydrogens is 206 g/mol. The monoisotopic (exact) mass is 225 g/mol. The molecule has 0 spiro atoms. The number of methoxy groups -OCH3 is 1. The maximum Gasteiger partial charge on any atom is 0.219 e. The topological polar surface area (TPSA) is 65.4 Å². The van der Waals surface area contributed by atoms with Gasteiger partial charge in [0, 0.05) is 33.7 Å². The molecule has 0 aromatic carbocycles. The zero-order valence-corrected chi connectivity index (χ0v) is 9.95. The number of likely N-dealkylation sites (tertiary alicyclic amines) is 1. The maximum absolute atomic E-state index is 11.2. The van der Waals surface area contributed by atoms with E-state index in [1.807, 2.05) is 0 Å². The Morgan fingerprint density at radius 2 is 2.19 bits per heavy atom. The van der Waals surface area contributed by atoms with Gasteiger partial charge in [-0.15, -0.1) is 0 Å². The van der Waals surface area contributed by atoms with Gasteiger partial charge in [0.1, 0.15) is 5.54 Å². The number of nitrogens with one attached hydrogen (secondary N) is 1. The Morgan fingerprint density at radius 1 is 1.56 bits per heavy atom. The fourth-order valence-electron chi connectivity index (χ4n) is 1.92. The van der Waals surface area contributed by atoms with E-state index in [1.165, 1.54) is 0 Å².